The lowest BCUT2D eigenvalue weighted by Gasteiger charge is -2.45. The minimum Gasteiger partial charge on any atom is -0.463 e. The van der Waals surface area contributed by atoms with Crippen LogP contribution in [0.3, 0.4) is 0 Å². The fourth-order valence-electron chi connectivity index (χ4n) is 7.56. The zero-order valence-electron chi connectivity index (χ0n) is 37.1. The van der Waals surface area contributed by atoms with Gasteiger partial charge >= 0.3 is 23.9 Å². The maximum atomic E-state index is 13.4. The molecule has 59 heavy (non-hydrogen) atoms. The van der Waals surface area contributed by atoms with Crippen LogP contribution in [0.4, 0.5) is 0 Å². The quantitative estimate of drug-likeness (QED) is 0.0527. The molecule has 0 radical (unpaired) electrons. The molecule has 2 saturated heterocycles. The average molecular weight is 847 g/mol. The lowest BCUT2D eigenvalue weighted by molar-refractivity contribution is -0.384. The highest BCUT2D eigenvalue weighted by Gasteiger charge is 2.60. The second kappa shape index (κ2) is 27.5. The molecule has 0 saturated carbocycles. The summed E-state index contributed by atoms with van der Waals surface area (Å²) in [7, 11) is 0. The van der Waals surface area contributed by atoms with Crippen LogP contribution in [-0.4, -0.2) is 119 Å². The van der Waals surface area contributed by atoms with E-state index in [1.807, 2.05) is 55.4 Å². The first-order chi connectivity index (χ1) is 28.2. The minimum absolute atomic E-state index is 0.381. The molecule has 0 aliphatic carbocycles. The van der Waals surface area contributed by atoms with E-state index in [1.165, 1.54) is 0 Å². The molecule has 0 aromatic carbocycles. The third-order valence-corrected chi connectivity index (χ3v) is 11.8. The van der Waals surface area contributed by atoms with Gasteiger partial charge in [0.05, 0.1) is 23.7 Å². The molecule has 2 aliphatic rings. The summed E-state index contributed by atoms with van der Waals surface area (Å²) < 4.78 is 41.2. The summed E-state index contributed by atoms with van der Waals surface area (Å²) in [5.74, 6) is -6.39. The number of hydrogen-bond donors (Lipinski definition) is 4. The normalized spacial score (nSPS) is 28.9. The van der Waals surface area contributed by atoms with Crippen molar-refractivity contribution >= 4 is 23.9 Å². The van der Waals surface area contributed by atoms with Crippen LogP contribution in [0.1, 0.15) is 158 Å². The Morgan fingerprint density at radius 2 is 0.949 bits per heavy atom. The first-order valence-electron chi connectivity index (χ1n) is 22.7. The van der Waals surface area contributed by atoms with Crippen molar-refractivity contribution in [2.75, 3.05) is 19.8 Å². The van der Waals surface area contributed by atoms with Crippen molar-refractivity contribution < 1.29 is 72.8 Å². The molecule has 0 aromatic rings. The molecular formula is C44H78O15. The van der Waals surface area contributed by atoms with Gasteiger partial charge in [0.2, 0.25) is 5.79 Å². The molecule has 15 heteroatoms. The van der Waals surface area contributed by atoms with Crippen LogP contribution in [-0.2, 0) is 52.3 Å². The van der Waals surface area contributed by atoms with Gasteiger partial charge in [-0.3, -0.25) is 19.2 Å². The highest BCUT2D eigenvalue weighted by atomic mass is 16.8. The third-order valence-electron chi connectivity index (χ3n) is 11.8. The van der Waals surface area contributed by atoms with Crippen molar-refractivity contribution in [3.8, 4) is 0 Å². The minimum atomic E-state index is -2.40. The molecule has 2 rings (SSSR count). The fourth-order valence-corrected chi connectivity index (χ4v) is 7.56. The van der Waals surface area contributed by atoms with Gasteiger partial charge in [0.25, 0.3) is 0 Å². The van der Waals surface area contributed by atoms with Crippen molar-refractivity contribution in [3.63, 3.8) is 0 Å². The largest absolute Gasteiger partial charge is 0.463 e. The number of rotatable bonds is 29. The Morgan fingerprint density at radius 1 is 0.542 bits per heavy atom. The molecular weight excluding hydrogens is 768 g/mol. The number of aliphatic hydroxyl groups is 4. The van der Waals surface area contributed by atoms with Gasteiger partial charge in [0, 0.05) is 0 Å². The Hall–Kier alpha value is -2.40. The van der Waals surface area contributed by atoms with Crippen LogP contribution in [0.2, 0.25) is 0 Å². The topological polar surface area (TPSA) is 214 Å². The molecule has 0 aromatic heterocycles. The highest BCUT2D eigenvalue weighted by Crippen LogP contribution is 2.38. The lowest BCUT2D eigenvalue weighted by atomic mass is 9.96. The summed E-state index contributed by atoms with van der Waals surface area (Å²) in [6.07, 6.45) is -2.61. The van der Waals surface area contributed by atoms with E-state index in [9.17, 15) is 39.6 Å². The zero-order valence-corrected chi connectivity index (χ0v) is 37.1. The second-order valence-electron chi connectivity index (χ2n) is 16.3. The van der Waals surface area contributed by atoms with E-state index >= 15 is 0 Å². The van der Waals surface area contributed by atoms with E-state index in [0.29, 0.717) is 51.4 Å². The zero-order chi connectivity index (χ0) is 44.1. The number of hydrogen-bond acceptors (Lipinski definition) is 15. The highest BCUT2D eigenvalue weighted by molar-refractivity contribution is 5.74. The molecule has 2 aliphatic heterocycles. The Labute approximate surface area is 352 Å². The van der Waals surface area contributed by atoms with Gasteiger partial charge in [-0.2, -0.15) is 0 Å². The molecule has 0 amide bonds. The molecule has 0 spiro atoms. The van der Waals surface area contributed by atoms with Crippen LogP contribution < -0.4 is 0 Å². The van der Waals surface area contributed by atoms with Crippen molar-refractivity contribution in [1.82, 2.24) is 0 Å². The summed E-state index contributed by atoms with van der Waals surface area (Å²) in [5.41, 5.74) is 0. The number of carbonyl (C=O) groups excluding carboxylic acids is 4. The molecule has 344 valence electrons. The van der Waals surface area contributed by atoms with E-state index < -0.39 is 116 Å². The Kier molecular flexibility index (Phi) is 24.6. The van der Waals surface area contributed by atoms with Crippen LogP contribution in [0.5, 0.6) is 0 Å². The molecule has 2 fully saturated rings. The van der Waals surface area contributed by atoms with Crippen LogP contribution in [0.15, 0.2) is 0 Å². The average Bonchev–Trinajstić information content (AvgIpc) is 3.46. The Balaban J connectivity index is 2.49. The fraction of sp³-hybridized carbons (Fsp3) is 0.909. The van der Waals surface area contributed by atoms with Crippen LogP contribution >= 0.6 is 0 Å². The van der Waals surface area contributed by atoms with Crippen molar-refractivity contribution in [2.45, 2.75) is 213 Å². The van der Waals surface area contributed by atoms with E-state index in [2.05, 4.69) is 0 Å². The number of carbonyl (C=O) groups is 4. The van der Waals surface area contributed by atoms with Crippen LogP contribution in [0.25, 0.3) is 0 Å². The maximum absolute atomic E-state index is 13.4. The summed E-state index contributed by atoms with van der Waals surface area (Å²) in [5, 5.41) is 46.0. The van der Waals surface area contributed by atoms with E-state index in [1.54, 1.807) is 0 Å². The van der Waals surface area contributed by atoms with Crippen molar-refractivity contribution in [3.05, 3.63) is 0 Å². The van der Waals surface area contributed by atoms with Gasteiger partial charge in [0.1, 0.15) is 56.4 Å². The van der Waals surface area contributed by atoms with E-state index in [0.717, 1.165) is 51.4 Å². The van der Waals surface area contributed by atoms with Gasteiger partial charge in [-0.25, -0.2) is 0 Å². The number of aliphatic hydroxyl groups excluding tert-OH is 4. The number of esters is 4. The van der Waals surface area contributed by atoms with Crippen LogP contribution in [0, 0.1) is 23.7 Å². The smallest absolute Gasteiger partial charge is 0.309 e. The summed E-state index contributed by atoms with van der Waals surface area (Å²) in [6.45, 7) is 13.7. The second-order valence-corrected chi connectivity index (χ2v) is 16.3. The third kappa shape index (κ3) is 15.5. The SMILES string of the molecule is CCCCC(CC)C(=O)OCC1OC(COC(=O)C(CC)CCCC)(OC2OC(COC(=O)C(CC)CCCC)C(OC(=O)C(CC)CCCC)C(O)C2O)C(O)C1O. The monoisotopic (exact) mass is 847 g/mol. The predicted molar refractivity (Wildman–Crippen MR) is 217 cm³/mol. The van der Waals surface area contributed by atoms with Crippen molar-refractivity contribution in [1.29, 1.82) is 0 Å². The predicted octanol–water partition coefficient (Wildman–Crippen LogP) is 5.67. The Bertz CT molecular complexity index is 1230. The lowest BCUT2D eigenvalue weighted by Crippen LogP contribution is -2.64. The standard InChI is InChI=1S/C44H78O15/c1-9-17-21-28(13-5)39(49)53-25-32-34(45)38(48)44(58-32,27-55-41(51)30(15-7)23-19-11-3)59-43-36(47)35(46)37(57-42(52)31(16-8)24-20-12-4)33(56-43)26-54-40(50)29(14-6)22-18-10-2/h28-38,43,45-48H,9-27H2,1-8H3. The molecule has 0 bridgehead atoms. The molecule has 13 atom stereocenters. The number of ether oxygens (including phenoxy) is 7. The van der Waals surface area contributed by atoms with Gasteiger partial charge < -0.3 is 53.6 Å². The van der Waals surface area contributed by atoms with Gasteiger partial charge in [-0.15, -0.1) is 0 Å². The Morgan fingerprint density at radius 3 is 1.37 bits per heavy atom. The van der Waals surface area contributed by atoms with Gasteiger partial charge in [0.15, 0.2) is 12.4 Å². The van der Waals surface area contributed by atoms with Gasteiger partial charge in [-0.1, -0.05) is 107 Å². The van der Waals surface area contributed by atoms with Gasteiger partial charge in [-0.05, 0) is 51.4 Å². The van der Waals surface area contributed by atoms with E-state index in [4.69, 9.17) is 33.2 Å². The maximum Gasteiger partial charge on any atom is 0.309 e. The number of unbranched alkanes of at least 4 members (excludes halogenated alkanes) is 4. The first-order valence-corrected chi connectivity index (χ1v) is 22.7. The molecule has 13 unspecified atom stereocenters. The van der Waals surface area contributed by atoms with Crippen molar-refractivity contribution in [2.24, 2.45) is 23.7 Å². The molecule has 4 N–H and O–H groups in total. The summed E-state index contributed by atoms with van der Waals surface area (Å²) in [6, 6.07) is 0. The van der Waals surface area contributed by atoms with E-state index in [-0.39, 0.29) is 5.92 Å². The first kappa shape index (κ1) is 52.7. The summed E-state index contributed by atoms with van der Waals surface area (Å²) in [4.78, 5) is 53.0. The molecule has 15 nitrogen and oxygen atoms in total. The summed E-state index contributed by atoms with van der Waals surface area (Å²) >= 11 is 0. The molecule has 2 heterocycles.